The Morgan fingerprint density at radius 3 is 2.77 bits per heavy atom. The number of carbonyl (C=O) groups is 1. The van der Waals surface area contributed by atoms with Gasteiger partial charge < -0.3 is 14.6 Å². The molecular weight excluding hydrogens is 278 g/mol. The molecule has 2 fully saturated rings. The molecule has 2 aromatic rings. The number of piperidine rings is 1. The smallest absolute Gasteiger partial charge is 0.228 e. The third-order valence-electron chi connectivity index (χ3n) is 4.88. The van der Waals surface area contributed by atoms with Crippen LogP contribution in [0.4, 0.5) is 0 Å². The lowest BCUT2D eigenvalue weighted by molar-refractivity contribution is -0.136. The molecule has 4 rings (SSSR count). The van der Waals surface area contributed by atoms with Crippen molar-refractivity contribution in [3.05, 3.63) is 30.1 Å². The lowest BCUT2D eigenvalue weighted by atomic mass is 9.95. The highest BCUT2D eigenvalue weighted by molar-refractivity contribution is 5.79. The second-order valence-electron chi connectivity index (χ2n) is 6.30. The molecule has 5 heteroatoms. The van der Waals surface area contributed by atoms with E-state index in [2.05, 4.69) is 11.1 Å². The van der Waals surface area contributed by atoms with Gasteiger partial charge in [0.1, 0.15) is 5.82 Å². The maximum absolute atomic E-state index is 12.4. The normalized spacial score (nSPS) is 23.3. The van der Waals surface area contributed by atoms with Gasteiger partial charge in [0.15, 0.2) is 0 Å². The number of imidazole rings is 1. The Kier molecular flexibility index (Phi) is 3.58. The van der Waals surface area contributed by atoms with Gasteiger partial charge in [0, 0.05) is 25.6 Å². The van der Waals surface area contributed by atoms with Crippen LogP contribution in [-0.2, 0) is 9.53 Å². The van der Waals surface area contributed by atoms with Gasteiger partial charge in [0.25, 0.3) is 0 Å². The van der Waals surface area contributed by atoms with Crippen molar-refractivity contribution in [1.29, 1.82) is 0 Å². The molecule has 0 saturated carbocycles. The van der Waals surface area contributed by atoms with Crippen LogP contribution in [0.25, 0.3) is 11.0 Å². The van der Waals surface area contributed by atoms with Crippen LogP contribution in [0.5, 0.6) is 0 Å². The first-order chi connectivity index (χ1) is 10.8. The average molecular weight is 299 g/mol. The van der Waals surface area contributed by atoms with Crippen LogP contribution in [0, 0.1) is 5.92 Å². The van der Waals surface area contributed by atoms with Crippen molar-refractivity contribution in [2.45, 2.75) is 25.2 Å². The van der Waals surface area contributed by atoms with Gasteiger partial charge in [0.05, 0.1) is 23.6 Å². The summed E-state index contributed by atoms with van der Waals surface area (Å²) < 4.78 is 5.33. The minimum Gasteiger partial charge on any atom is -0.381 e. The van der Waals surface area contributed by atoms with Crippen LogP contribution >= 0.6 is 0 Å². The van der Waals surface area contributed by atoms with Crippen molar-refractivity contribution in [2.75, 3.05) is 26.3 Å². The van der Waals surface area contributed by atoms with Gasteiger partial charge in [-0.1, -0.05) is 12.1 Å². The molecule has 1 amide bonds. The minimum absolute atomic E-state index is 0.0859. The number of H-pyrrole nitrogens is 1. The highest BCUT2D eigenvalue weighted by Crippen LogP contribution is 2.29. The van der Waals surface area contributed by atoms with Crippen LogP contribution in [0.2, 0.25) is 0 Å². The number of carbonyl (C=O) groups excluding carboxylic acids is 1. The second-order valence-corrected chi connectivity index (χ2v) is 6.30. The molecule has 1 N–H and O–H groups in total. The van der Waals surface area contributed by atoms with Gasteiger partial charge in [-0.25, -0.2) is 4.98 Å². The molecule has 0 radical (unpaired) electrons. The largest absolute Gasteiger partial charge is 0.381 e. The Bertz CT molecular complexity index is 634. The van der Waals surface area contributed by atoms with Crippen LogP contribution in [0.15, 0.2) is 24.3 Å². The Morgan fingerprint density at radius 2 is 2.05 bits per heavy atom. The van der Waals surface area contributed by atoms with Gasteiger partial charge in [-0.15, -0.1) is 0 Å². The van der Waals surface area contributed by atoms with Crippen molar-refractivity contribution < 1.29 is 9.53 Å². The molecule has 2 saturated heterocycles. The summed E-state index contributed by atoms with van der Waals surface area (Å²) in [7, 11) is 0. The lowest BCUT2D eigenvalue weighted by Gasteiger charge is -2.32. The number of ether oxygens (including phenoxy) is 1. The van der Waals surface area contributed by atoms with E-state index < -0.39 is 0 Å². The van der Waals surface area contributed by atoms with Gasteiger partial charge >= 0.3 is 0 Å². The summed E-state index contributed by atoms with van der Waals surface area (Å²) in [6.45, 7) is 2.99. The number of likely N-dealkylation sites (tertiary alicyclic amines) is 1. The summed E-state index contributed by atoms with van der Waals surface area (Å²) >= 11 is 0. The predicted molar refractivity (Wildman–Crippen MR) is 83.6 cm³/mol. The molecule has 0 spiro atoms. The zero-order valence-electron chi connectivity index (χ0n) is 12.6. The van der Waals surface area contributed by atoms with Crippen LogP contribution in [-0.4, -0.2) is 47.1 Å². The van der Waals surface area contributed by atoms with E-state index in [1.807, 2.05) is 23.1 Å². The third-order valence-corrected chi connectivity index (χ3v) is 4.88. The van der Waals surface area contributed by atoms with Crippen LogP contribution in [0.1, 0.15) is 31.0 Å². The van der Waals surface area contributed by atoms with Crippen molar-refractivity contribution in [3.8, 4) is 0 Å². The van der Waals surface area contributed by atoms with E-state index in [9.17, 15) is 4.79 Å². The molecule has 3 heterocycles. The number of fused-ring (bicyclic) bond motifs is 1. The SMILES string of the molecule is O=C([C@@H]1CCOC1)N1CCC(c2nc3ccccc3[nH]2)CC1. The summed E-state index contributed by atoms with van der Waals surface area (Å²) in [5.74, 6) is 1.86. The fourth-order valence-electron chi connectivity index (χ4n) is 3.53. The zero-order chi connectivity index (χ0) is 14.9. The predicted octanol–water partition coefficient (Wildman–Crippen LogP) is 2.31. The fourth-order valence-corrected chi connectivity index (χ4v) is 3.53. The zero-order valence-corrected chi connectivity index (χ0v) is 12.6. The monoisotopic (exact) mass is 299 g/mol. The van der Waals surface area contributed by atoms with E-state index in [0.717, 1.165) is 55.8 Å². The highest BCUT2D eigenvalue weighted by Gasteiger charge is 2.31. The van der Waals surface area contributed by atoms with Gasteiger partial charge in [-0.05, 0) is 31.4 Å². The highest BCUT2D eigenvalue weighted by atomic mass is 16.5. The molecule has 1 atom stereocenters. The minimum atomic E-state index is 0.0859. The average Bonchev–Trinajstić information content (AvgIpc) is 3.23. The third kappa shape index (κ3) is 2.50. The molecule has 2 aliphatic rings. The Morgan fingerprint density at radius 1 is 1.23 bits per heavy atom. The number of benzene rings is 1. The molecule has 0 unspecified atom stereocenters. The number of hydrogen-bond donors (Lipinski definition) is 1. The van der Waals surface area contributed by atoms with Crippen LogP contribution in [0.3, 0.4) is 0 Å². The maximum atomic E-state index is 12.4. The summed E-state index contributed by atoms with van der Waals surface area (Å²) in [5.41, 5.74) is 2.12. The quantitative estimate of drug-likeness (QED) is 0.925. The molecular formula is C17H21N3O2. The van der Waals surface area contributed by atoms with Crippen molar-refractivity contribution in [2.24, 2.45) is 5.92 Å². The topological polar surface area (TPSA) is 58.2 Å². The summed E-state index contributed by atoms with van der Waals surface area (Å²) in [6.07, 6.45) is 2.85. The standard InChI is InChI=1S/C17H21N3O2/c21-17(13-7-10-22-11-13)20-8-5-12(6-9-20)16-18-14-3-1-2-4-15(14)19-16/h1-4,12-13H,5-11H2,(H,18,19)/t13-/m1/s1. The Hall–Kier alpha value is -1.88. The van der Waals surface area contributed by atoms with Crippen molar-refractivity contribution in [3.63, 3.8) is 0 Å². The first-order valence-corrected chi connectivity index (χ1v) is 8.12. The number of hydrogen-bond acceptors (Lipinski definition) is 3. The number of nitrogens with zero attached hydrogens (tertiary/aromatic N) is 2. The van der Waals surface area contributed by atoms with E-state index in [-0.39, 0.29) is 11.8 Å². The summed E-state index contributed by atoms with van der Waals surface area (Å²) in [6, 6.07) is 8.13. The first kappa shape index (κ1) is 13.8. The molecule has 0 aliphatic carbocycles. The molecule has 22 heavy (non-hydrogen) atoms. The van der Waals surface area contributed by atoms with Gasteiger partial charge in [-0.3, -0.25) is 4.79 Å². The van der Waals surface area contributed by atoms with Crippen molar-refractivity contribution >= 4 is 16.9 Å². The molecule has 5 nitrogen and oxygen atoms in total. The van der Waals surface area contributed by atoms with Crippen molar-refractivity contribution in [1.82, 2.24) is 14.9 Å². The van der Waals surface area contributed by atoms with E-state index >= 15 is 0 Å². The molecule has 1 aromatic carbocycles. The fraction of sp³-hybridized carbons (Fsp3) is 0.529. The van der Waals surface area contributed by atoms with E-state index in [1.54, 1.807) is 0 Å². The number of aromatic amines is 1. The molecule has 1 aromatic heterocycles. The molecule has 116 valence electrons. The number of nitrogens with one attached hydrogen (secondary N) is 1. The van der Waals surface area contributed by atoms with Crippen LogP contribution < -0.4 is 0 Å². The first-order valence-electron chi connectivity index (χ1n) is 8.12. The molecule has 0 bridgehead atoms. The second kappa shape index (κ2) is 5.72. The summed E-state index contributed by atoms with van der Waals surface area (Å²) in [5, 5.41) is 0. The number of para-hydroxylation sites is 2. The number of aromatic nitrogens is 2. The van der Waals surface area contributed by atoms with Gasteiger partial charge in [0.2, 0.25) is 5.91 Å². The lowest BCUT2D eigenvalue weighted by Crippen LogP contribution is -2.41. The number of amides is 1. The molecule has 2 aliphatic heterocycles. The number of rotatable bonds is 2. The maximum Gasteiger partial charge on any atom is 0.228 e. The summed E-state index contributed by atoms with van der Waals surface area (Å²) in [4.78, 5) is 22.6. The van der Waals surface area contributed by atoms with Gasteiger partial charge in [-0.2, -0.15) is 0 Å². The van der Waals surface area contributed by atoms with E-state index in [0.29, 0.717) is 12.5 Å². The Labute approximate surface area is 129 Å². The Balaban J connectivity index is 1.41. The van der Waals surface area contributed by atoms with E-state index in [1.165, 1.54) is 0 Å². The van der Waals surface area contributed by atoms with E-state index in [4.69, 9.17) is 9.72 Å².